The summed E-state index contributed by atoms with van der Waals surface area (Å²) in [6, 6.07) is 0. The monoisotopic (exact) mass is 230 g/mol. The minimum absolute atomic E-state index is 0.0420. The molecule has 94 valence electrons. The van der Waals surface area contributed by atoms with Crippen molar-refractivity contribution >= 4 is 11.9 Å². The maximum absolute atomic E-state index is 11.3. The number of amides is 1. The molecule has 0 aromatic heterocycles. The van der Waals surface area contributed by atoms with E-state index >= 15 is 0 Å². The van der Waals surface area contributed by atoms with Crippen molar-refractivity contribution in [1.82, 2.24) is 10.6 Å². The first-order valence-corrected chi connectivity index (χ1v) is 5.71. The fraction of sp³-hybridized carbons (Fsp3) is 0.818. The van der Waals surface area contributed by atoms with Crippen molar-refractivity contribution in [3.63, 3.8) is 0 Å². The van der Waals surface area contributed by atoms with Gasteiger partial charge in [0.05, 0.1) is 6.54 Å². The van der Waals surface area contributed by atoms with Crippen molar-refractivity contribution in [3.8, 4) is 0 Å². The number of rotatable bonds is 8. The Morgan fingerprint density at radius 3 is 2.38 bits per heavy atom. The molecule has 0 bridgehead atoms. The third-order valence-electron chi connectivity index (χ3n) is 2.67. The van der Waals surface area contributed by atoms with Gasteiger partial charge in [-0.1, -0.05) is 20.3 Å². The lowest BCUT2D eigenvalue weighted by molar-refractivity contribution is -0.144. The van der Waals surface area contributed by atoms with E-state index in [4.69, 9.17) is 5.11 Å². The summed E-state index contributed by atoms with van der Waals surface area (Å²) in [5, 5.41) is 14.5. The predicted molar refractivity (Wildman–Crippen MR) is 62.3 cm³/mol. The molecular weight excluding hydrogens is 208 g/mol. The summed E-state index contributed by atoms with van der Waals surface area (Å²) < 4.78 is 0. The first kappa shape index (κ1) is 14.9. The fourth-order valence-electron chi connectivity index (χ4n) is 1.09. The molecule has 0 aliphatic heterocycles. The number of aliphatic carboxylic acids is 1. The van der Waals surface area contributed by atoms with Crippen LogP contribution in [-0.2, 0) is 9.59 Å². The van der Waals surface area contributed by atoms with Gasteiger partial charge in [0.15, 0.2) is 0 Å². The van der Waals surface area contributed by atoms with Gasteiger partial charge in [0.2, 0.25) is 5.91 Å². The Bertz CT molecular complexity index is 243. The van der Waals surface area contributed by atoms with E-state index < -0.39 is 11.5 Å². The standard InChI is InChI=1S/C11H22N2O3/c1-4-6-7-12-9(14)8-13-11(3,5-2)10(15)16/h13H,4-8H2,1-3H3,(H,12,14)(H,15,16). The van der Waals surface area contributed by atoms with Gasteiger partial charge >= 0.3 is 5.97 Å². The van der Waals surface area contributed by atoms with Gasteiger partial charge in [0.1, 0.15) is 5.54 Å². The number of carboxylic acids is 1. The SMILES string of the molecule is CCCCNC(=O)CNC(C)(CC)C(=O)O. The molecule has 0 fully saturated rings. The summed E-state index contributed by atoms with van der Waals surface area (Å²) in [6.07, 6.45) is 2.40. The molecule has 0 aliphatic rings. The van der Waals surface area contributed by atoms with Crippen LogP contribution in [0.15, 0.2) is 0 Å². The Labute approximate surface area is 96.6 Å². The van der Waals surface area contributed by atoms with Crippen LogP contribution in [0.2, 0.25) is 0 Å². The minimum atomic E-state index is -1.03. The molecule has 0 aliphatic carbocycles. The van der Waals surface area contributed by atoms with E-state index in [9.17, 15) is 9.59 Å². The Morgan fingerprint density at radius 2 is 1.94 bits per heavy atom. The second-order valence-electron chi connectivity index (χ2n) is 4.05. The van der Waals surface area contributed by atoms with Crippen molar-refractivity contribution in [3.05, 3.63) is 0 Å². The third-order valence-corrected chi connectivity index (χ3v) is 2.67. The van der Waals surface area contributed by atoms with Crippen molar-refractivity contribution in [2.45, 2.75) is 45.6 Å². The summed E-state index contributed by atoms with van der Waals surface area (Å²) in [5.74, 6) is -1.09. The summed E-state index contributed by atoms with van der Waals surface area (Å²) >= 11 is 0. The second-order valence-corrected chi connectivity index (χ2v) is 4.05. The van der Waals surface area contributed by atoms with Gasteiger partial charge in [-0.15, -0.1) is 0 Å². The lowest BCUT2D eigenvalue weighted by Crippen LogP contribution is -2.52. The summed E-state index contributed by atoms with van der Waals surface area (Å²) in [7, 11) is 0. The summed E-state index contributed by atoms with van der Waals surface area (Å²) in [5.41, 5.74) is -1.03. The number of hydrogen-bond acceptors (Lipinski definition) is 3. The lowest BCUT2D eigenvalue weighted by Gasteiger charge is -2.24. The van der Waals surface area contributed by atoms with Gasteiger partial charge < -0.3 is 10.4 Å². The van der Waals surface area contributed by atoms with Crippen molar-refractivity contribution in [2.75, 3.05) is 13.1 Å². The number of unbranched alkanes of at least 4 members (excludes halogenated alkanes) is 1. The molecule has 0 spiro atoms. The van der Waals surface area contributed by atoms with Crippen molar-refractivity contribution in [2.24, 2.45) is 0 Å². The number of carboxylic acid groups (broad SMARTS) is 1. The molecule has 1 unspecified atom stereocenters. The van der Waals surface area contributed by atoms with E-state index in [0.29, 0.717) is 13.0 Å². The Kier molecular flexibility index (Phi) is 6.72. The molecule has 0 heterocycles. The Hall–Kier alpha value is -1.10. The molecule has 0 radical (unpaired) electrons. The highest BCUT2D eigenvalue weighted by molar-refractivity contribution is 5.81. The van der Waals surface area contributed by atoms with Gasteiger partial charge in [-0.05, 0) is 19.8 Å². The van der Waals surface area contributed by atoms with Crippen LogP contribution in [0.5, 0.6) is 0 Å². The summed E-state index contributed by atoms with van der Waals surface area (Å²) in [4.78, 5) is 22.3. The predicted octanol–water partition coefficient (Wildman–Crippen LogP) is 0.746. The molecule has 16 heavy (non-hydrogen) atoms. The van der Waals surface area contributed by atoms with Crippen LogP contribution in [0, 0.1) is 0 Å². The molecule has 3 N–H and O–H groups in total. The zero-order valence-corrected chi connectivity index (χ0v) is 10.3. The number of hydrogen-bond donors (Lipinski definition) is 3. The van der Waals surface area contributed by atoms with E-state index in [2.05, 4.69) is 10.6 Å². The first-order chi connectivity index (χ1) is 7.46. The van der Waals surface area contributed by atoms with Crippen LogP contribution in [0.1, 0.15) is 40.0 Å². The number of carbonyl (C=O) groups is 2. The van der Waals surface area contributed by atoms with Gasteiger partial charge in [-0.3, -0.25) is 14.9 Å². The molecule has 1 atom stereocenters. The molecule has 0 saturated carbocycles. The van der Waals surface area contributed by atoms with Gasteiger partial charge in [-0.2, -0.15) is 0 Å². The van der Waals surface area contributed by atoms with Crippen LogP contribution in [0.3, 0.4) is 0 Å². The zero-order valence-electron chi connectivity index (χ0n) is 10.3. The topological polar surface area (TPSA) is 78.4 Å². The van der Waals surface area contributed by atoms with E-state index in [1.54, 1.807) is 13.8 Å². The fourth-order valence-corrected chi connectivity index (χ4v) is 1.09. The van der Waals surface area contributed by atoms with E-state index in [-0.39, 0.29) is 12.5 Å². The van der Waals surface area contributed by atoms with Gasteiger partial charge in [0.25, 0.3) is 0 Å². The molecule has 1 amide bonds. The highest BCUT2D eigenvalue weighted by Gasteiger charge is 2.30. The normalized spacial score (nSPS) is 14.2. The average molecular weight is 230 g/mol. The number of nitrogens with one attached hydrogen (secondary N) is 2. The molecule has 0 saturated heterocycles. The zero-order chi connectivity index (χ0) is 12.6. The molecular formula is C11H22N2O3. The molecule has 0 rings (SSSR count). The molecule has 5 heteroatoms. The van der Waals surface area contributed by atoms with Crippen LogP contribution < -0.4 is 10.6 Å². The molecule has 0 aromatic carbocycles. The molecule has 0 aromatic rings. The quantitative estimate of drug-likeness (QED) is 0.538. The third kappa shape index (κ3) is 5.11. The molecule has 5 nitrogen and oxygen atoms in total. The Balaban J connectivity index is 3.93. The highest BCUT2D eigenvalue weighted by atomic mass is 16.4. The highest BCUT2D eigenvalue weighted by Crippen LogP contribution is 2.08. The van der Waals surface area contributed by atoms with Crippen molar-refractivity contribution < 1.29 is 14.7 Å². The average Bonchev–Trinajstić information content (AvgIpc) is 2.26. The largest absolute Gasteiger partial charge is 0.480 e. The summed E-state index contributed by atoms with van der Waals surface area (Å²) in [6.45, 7) is 6.08. The van der Waals surface area contributed by atoms with Gasteiger partial charge in [0, 0.05) is 6.54 Å². The van der Waals surface area contributed by atoms with Crippen molar-refractivity contribution in [1.29, 1.82) is 0 Å². The second kappa shape index (κ2) is 7.22. The maximum Gasteiger partial charge on any atom is 0.323 e. The first-order valence-electron chi connectivity index (χ1n) is 5.71. The Morgan fingerprint density at radius 1 is 1.31 bits per heavy atom. The van der Waals surface area contributed by atoms with E-state index in [0.717, 1.165) is 12.8 Å². The lowest BCUT2D eigenvalue weighted by atomic mass is 9.99. The maximum atomic E-state index is 11.3. The smallest absolute Gasteiger partial charge is 0.323 e. The van der Waals surface area contributed by atoms with Crippen LogP contribution in [-0.4, -0.2) is 35.6 Å². The van der Waals surface area contributed by atoms with Gasteiger partial charge in [-0.25, -0.2) is 0 Å². The van der Waals surface area contributed by atoms with E-state index in [1.807, 2.05) is 6.92 Å². The number of carbonyl (C=O) groups excluding carboxylic acids is 1. The van der Waals surface area contributed by atoms with Crippen LogP contribution in [0.4, 0.5) is 0 Å². The van der Waals surface area contributed by atoms with Crippen LogP contribution >= 0.6 is 0 Å². The van der Waals surface area contributed by atoms with E-state index in [1.165, 1.54) is 0 Å². The minimum Gasteiger partial charge on any atom is -0.480 e. The van der Waals surface area contributed by atoms with Crippen LogP contribution in [0.25, 0.3) is 0 Å².